The maximum Gasteiger partial charge on any atom is 0.327 e. The number of rotatable bonds is 5. The molecule has 2 heterocycles. The predicted molar refractivity (Wildman–Crippen MR) is 125 cm³/mol. The van der Waals surface area contributed by atoms with Crippen molar-refractivity contribution in [2.24, 2.45) is 0 Å². The average Bonchev–Trinajstić information content (AvgIpc) is 3.33. The molecule has 7 nitrogen and oxygen atoms in total. The van der Waals surface area contributed by atoms with Gasteiger partial charge in [0.05, 0.1) is 24.4 Å². The number of hydrogen-bond acceptors (Lipinski definition) is 5. The molecule has 1 atom stereocenters. The number of nitrogens with zero attached hydrogens (tertiary/aromatic N) is 3. The molecule has 0 saturated carbocycles. The lowest BCUT2D eigenvalue weighted by Crippen LogP contribution is -2.46. The summed E-state index contributed by atoms with van der Waals surface area (Å²) in [6, 6.07) is 17.7. The lowest BCUT2D eigenvalue weighted by molar-refractivity contribution is 0.244. The number of methoxy groups -OCH3 is 1. The number of halogens is 2. The van der Waals surface area contributed by atoms with Crippen LogP contribution < -0.4 is 15.0 Å². The van der Waals surface area contributed by atoms with Crippen LogP contribution in [0.25, 0.3) is 17.0 Å². The Balaban J connectivity index is 1.67. The Morgan fingerprint density at radius 1 is 1.00 bits per heavy atom. The zero-order chi connectivity index (χ0) is 24.5. The quantitative estimate of drug-likeness (QED) is 0.400. The van der Waals surface area contributed by atoms with E-state index < -0.39 is 23.7 Å². The number of allylic oxidation sites excluding steroid dienone is 1. The van der Waals surface area contributed by atoms with Gasteiger partial charge in [-0.1, -0.05) is 35.5 Å². The Hall–Kier alpha value is -4.53. The lowest BCUT2D eigenvalue weighted by atomic mass is 9.94. The molecule has 5 rings (SSSR count). The van der Waals surface area contributed by atoms with Crippen LogP contribution in [0.4, 0.5) is 19.3 Å². The predicted octanol–water partition coefficient (Wildman–Crippen LogP) is 5.73. The topological polar surface area (TPSA) is 80.5 Å². The van der Waals surface area contributed by atoms with Gasteiger partial charge in [-0.25, -0.2) is 13.6 Å². The minimum atomic E-state index is -0.664. The Kier molecular flexibility index (Phi) is 5.74. The van der Waals surface area contributed by atoms with Gasteiger partial charge in [0, 0.05) is 11.3 Å². The monoisotopic (exact) mass is 474 g/mol. The number of benzene rings is 3. The van der Waals surface area contributed by atoms with E-state index in [4.69, 9.17) is 9.26 Å². The molecule has 0 bridgehead atoms. The number of amides is 2. The normalized spacial score (nSPS) is 15.8. The lowest BCUT2D eigenvalue weighted by Gasteiger charge is -2.35. The first-order valence-corrected chi connectivity index (χ1v) is 10.8. The van der Waals surface area contributed by atoms with Crippen molar-refractivity contribution in [3.8, 4) is 17.1 Å². The fourth-order valence-corrected chi connectivity index (χ4v) is 4.09. The molecule has 1 aliphatic rings. The molecule has 176 valence electrons. The third-order valence-corrected chi connectivity index (χ3v) is 5.72. The number of carbonyl (C=O) groups is 1. The summed E-state index contributed by atoms with van der Waals surface area (Å²) in [5.41, 5.74) is 2.49. The van der Waals surface area contributed by atoms with E-state index in [1.54, 1.807) is 50.4 Å². The molecule has 1 aliphatic heterocycles. The van der Waals surface area contributed by atoms with Crippen LogP contribution in [-0.4, -0.2) is 23.3 Å². The van der Waals surface area contributed by atoms with Gasteiger partial charge in [-0.15, -0.1) is 0 Å². The number of ether oxygens (including phenoxy) is 1. The fourth-order valence-electron chi connectivity index (χ4n) is 4.09. The molecule has 0 spiro atoms. The van der Waals surface area contributed by atoms with Gasteiger partial charge in [0.25, 0.3) is 5.89 Å². The first-order valence-electron chi connectivity index (χ1n) is 10.8. The number of anilines is 1. The third kappa shape index (κ3) is 4.23. The van der Waals surface area contributed by atoms with Crippen molar-refractivity contribution in [2.45, 2.75) is 13.0 Å². The van der Waals surface area contributed by atoms with Crippen LogP contribution in [0.3, 0.4) is 0 Å². The van der Waals surface area contributed by atoms with Gasteiger partial charge in [-0.3, -0.25) is 4.90 Å². The number of carbonyl (C=O) groups excluding carboxylic acids is 1. The van der Waals surface area contributed by atoms with Gasteiger partial charge in [0.1, 0.15) is 17.4 Å². The minimum absolute atomic E-state index is 0.135. The van der Waals surface area contributed by atoms with Gasteiger partial charge in [0.15, 0.2) is 0 Å². The van der Waals surface area contributed by atoms with Gasteiger partial charge in [-0.2, -0.15) is 4.98 Å². The van der Waals surface area contributed by atoms with Crippen molar-refractivity contribution in [1.29, 1.82) is 0 Å². The molecule has 4 aromatic rings. The summed E-state index contributed by atoms with van der Waals surface area (Å²) in [6.45, 7) is 1.72. The van der Waals surface area contributed by atoms with Crippen molar-refractivity contribution >= 4 is 17.3 Å². The van der Waals surface area contributed by atoms with Crippen LogP contribution in [0.5, 0.6) is 5.75 Å². The van der Waals surface area contributed by atoms with Crippen molar-refractivity contribution in [3.05, 3.63) is 102 Å². The maximum absolute atomic E-state index is 14.0. The van der Waals surface area contributed by atoms with E-state index in [1.807, 2.05) is 6.07 Å². The molecule has 3 aromatic carbocycles. The molecule has 1 unspecified atom stereocenters. The van der Waals surface area contributed by atoms with E-state index >= 15 is 0 Å². The zero-order valence-electron chi connectivity index (χ0n) is 18.8. The summed E-state index contributed by atoms with van der Waals surface area (Å²) < 4.78 is 38.7. The van der Waals surface area contributed by atoms with Crippen molar-refractivity contribution in [3.63, 3.8) is 0 Å². The second kappa shape index (κ2) is 9.02. The van der Waals surface area contributed by atoms with Gasteiger partial charge < -0.3 is 14.6 Å². The highest BCUT2D eigenvalue weighted by atomic mass is 19.1. The van der Waals surface area contributed by atoms with Gasteiger partial charge in [0.2, 0.25) is 5.82 Å². The average molecular weight is 474 g/mol. The summed E-state index contributed by atoms with van der Waals surface area (Å²) in [5, 5.41) is 6.98. The van der Waals surface area contributed by atoms with Crippen molar-refractivity contribution in [1.82, 2.24) is 15.5 Å². The van der Waals surface area contributed by atoms with E-state index in [-0.39, 0.29) is 11.7 Å². The summed E-state index contributed by atoms with van der Waals surface area (Å²) in [4.78, 5) is 19.1. The molecule has 0 saturated heterocycles. The Morgan fingerprint density at radius 2 is 1.74 bits per heavy atom. The molecule has 0 fully saturated rings. The van der Waals surface area contributed by atoms with Crippen molar-refractivity contribution < 1.29 is 22.8 Å². The largest absolute Gasteiger partial charge is 0.497 e. The summed E-state index contributed by atoms with van der Waals surface area (Å²) >= 11 is 0. The molecule has 1 N–H and O–H groups in total. The molecular formula is C26H20F2N4O3. The van der Waals surface area contributed by atoms with Crippen LogP contribution in [0.15, 0.2) is 83.0 Å². The van der Waals surface area contributed by atoms with E-state index in [0.717, 1.165) is 5.56 Å². The molecule has 1 aromatic heterocycles. The Bertz CT molecular complexity index is 1450. The molecule has 0 aliphatic carbocycles. The molecule has 0 radical (unpaired) electrons. The fraction of sp³-hybridized carbons (Fsp3) is 0.115. The molecule has 35 heavy (non-hydrogen) atoms. The summed E-state index contributed by atoms with van der Waals surface area (Å²) in [5.74, 6) is 0.0214. The smallest absolute Gasteiger partial charge is 0.327 e. The van der Waals surface area contributed by atoms with E-state index in [2.05, 4.69) is 15.5 Å². The number of hydrogen-bond donors (Lipinski definition) is 1. The van der Waals surface area contributed by atoms with E-state index in [9.17, 15) is 13.6 Å². The second-order valence-electron chi connectivity index (χ2n) is 7.91. The van der Waals surface area contributed by atoms with Crippen LogP contribution >= 0.6 is 0 Å². The highest BCUT2D eigenvalue weighted by Gasteiger charge is 2.36. The van der Waals surface area contributed by atoms with Gasteiger partial charge >= 0.3 is 6.03 Å². The number of aromatic nitrogens is 2. The molecule has 9 heteroatoms. The van der Waals surface area contributed by atoms with Crippen LogP contribution in [0.2, 0.25) is 0 Å². The molecule has 2 amide bonds. The van der Waals surface area contributed by atoms with E-state index in [0.29, 0.717) is 28.3 Å². The number of nitrogens with one attached hydrogen (secondary N) is 1. The number of urea groups is 1. The van der Waals surface area contributed by atoms with Crippen molar-refractivity contribution in [2.75, 3.05) is 12.0 Å². The SMILES string of the molecule is COc1cccc(C2NC(=O)N(c3cccc(F)c3)C(C)=C2c2nc(-c3cccc(F)c3)no2)c1. The van der Waals surface area contributed by atoms with Crippen LogP contribution in [0.1, 0.15) is 24.4 Å². The minimum Gasteiger partial charge on any atom is -0.497 e. The highest BCUT2D eigenvalue weighted by Crippen LogP contribution is 2.39. The van der Waals surface area contributed by atoms with E-state index in [1.165, 1.54) is 35.2 Å². The van der Waals surface area contributed by atoms with Gasteiger partial charge in [-0.05, 0) is 55.0 Å². The first-order chi connectivity index (χ1) is 16.9. The third-order valence-electron chi connectivity index (χ3n) is 5.72. The maximum atomic E-state index is 14.0. The standard InChI is InChI=1S/C26H20F2N4O3/c1-15-22(25-30-24(31-35-25)17-7-3-8-18(27)12-17)23(16-6-4-11-21(13-16)34-2)29-26(33)32(15)20-10-5-9-19(28)14-20/h3-14,23H,1-2H3,(H,29,33). The first kappa shape index (κ1) is 22.3. The van der Waals surface area contributed by atoms with Crippen LogP contribution in [-0.2, 0) is 0 Å². The zero-order valence-corrected chi connectivity index (χ0v) is 18.8. The summed E-state index contributed by atoms with van der Waals surface area (Å²) in [6.07, 6.45) is 0. The highest BCUT2D eigenvalue weighted by molar-refractivity contribution is 6.01. The Labute approximate surface area is 199 Å². The second-order valence-corrected chi connectivity index (χ2v) is 7.91. The summed E-state index contributed by atoms with van der Waals surface area (Å²) in [7, 11) is 1.55. The van der Waals surface area contributed by atoms with Crippen LogP contribution in [0, 0.1) is 11.6 Å². The Morgan fingerprint density at radius 3 is 2.49 bits per heavy atom. The molecular weight excluding hydrogens is 454 g/mol.